The van der Waals surface area contributed by atoms with Gasteiger partial charge in [-0.1, -0.05) is 54.1 Å². The molecule has 2 heteroatoms. The van der Waals surface area contributed by atoms with E-state index < -0.39 is 0 Å². The highest BCUT2D eigenvalue weighted by Crippen LogP contribution is 2.39. The highest BCUT2D eigenvalue weighted by atomic mass is 15.1. The lowest BCUT2D eigenvalue weighted by molar-refractivity contribution is 0.700. The molecule has 4 rings (SSSR count). The maximum absolute atomic E-state index is 6.42. The van der Waals surface area contributed by atoms with Crippen LogP contribution in [0.3, 0.4) is 0 Å². The van der Waals surface area contributed by atoms with Gasteiger partial charge >= 0.3 is 0 Å². The van der Waals surface area contributed by atoms with Crippen molar-refractivity contribution in [3.8, 4) is 0 Å². The summed E-state index contributed by atoms with van der Waals surface area (Å²) in [6.45, 7) is 2.10. The quantitative estimate of drug-likeness (QED) is 0.858. The molecule has 0 saturated heterocycles. The Hall–Kier alpha value is -2.58. The molecule has 0 bridgehead atoms. The molecule has 0 fully saturated rings. The van der Waals surface area contributed by atoms with E-state index in [2.05, 4.69) is 84.9 Å². The average molecular weight is 286 g/mol. The molecule has 2 aromatic rings. The molecule has 0 aliphatic carbocycles. The molecule has 0 radical (unpaired) electrons. The van der Waals surface area contributed by atoms with Crippen molar-refractivity contribution in [3.05, 3.63) is 89.3 Å². The Labute approximate surface area is 130 Å². The lowest BCUT2D eigenvalue weighted by Gasteiger charge is -2.33. The van der Waals surface area contributed by atoms with Crippen molar-refractivity contribution < 1.29 is 0 Å². The molecule has 1 unspecified atom stereocenters. The normalized spacial score (nSPS) is 19.2. The Morgan fingerprint density at radius 3 is 2.55 bits per heavy atom. The zero-order valence-electron chi connectivity index (χ0n) is 12.5. The third kappa shape index (κ3) is 2.00. The number of rotatable bonds is 1. The second-order valence-electron chi connectivity index (χ2n) is 5.81. The summed E-state index contributed by atoms with van der Waals surface area (Å²) in [7, 11) is 0. The lowest BCUT2D eigenvalue weighted by atomic mass is 9.88. The molecule has 2 N–H and O–H groups in total. The van der Waals surface area contributed by atoms with Crippen LogP contribution in [0.4, 0.5) is 0 Å². The molecule has 0 aromatic heterocycles. The van der Waals surface area contributed by atoms with E-state index in [-0.39, 0.29) is 6.04 Å². The predicted molar refractivity (Wildman–Crippen MR) is 92.4 cm³/mol. The first-order chi connectivity index (χ1) is 10.7. The summed E-state index contributed by atoms with van der Waals surface area (Å²) in [6.07, 6.45) is 8.36. The fraction of sp³-hybridized carbons (Fsp3) is 0.100. The van der Waals surface area contributed by atoms with Crippen molar-refractivity contribution >= 4 is 17.3 Å². The molecule has 2 aromatic carbocycles. The van der Waals surface area contributed by atoms with Crippen LogP contribution in [-0.4, -0.2) is 10.9 Å². The Morgan fingerprint density at radius 1 is 0.955 bits per heavy atom. The van der Waals surface area contributed by atoms with Crippen LogP contribution in [0.5, 0.6) is 0 Å². The van der Waals surface area contributed by atoms with E-state index in [0.717, 1.165) is 0 Å². The highest BCUT2D eigenvalue weighted by Gasteiger charge is 2.26. The number of benzene rings is 2. The molecule has 2 aliphatic heterocycles. The van der Waals surface area contributed by atoms with E-state index >= 15 is 0 Å². The first-order valence-electron chi connectivity index (χ1n) is 7.55. The van der Waals surface area contributed by atoms with Gasteiger partial charge in [0.25, 0.3) is 0 Å². The Balaban J connectivity index is 1.98. The molecule has 2 nitrogen and oxygen atoms in total. The van der Waals surface area contributed by atoms with Gasteiger partial charge in [-0.05, 0) is 30.2 Å². The van der Waals surface area contributed by atoms with E-state index in [1.54, 1.807) is 0 Å². The highest BCUT2D eigenvalue weighted by molar-refractivity contribution is 5.97. The molecular formula is C20H18N2. The fourth-order valence-corrected chi connectivity index (χ4v) is 3.14. The van der Waals surface area contributed by atoms with Crippen LogP contribution in [-0.2, 0) is 0 Å². The summed E-state index contributed by atoms with van der Waals surface area (Å²) < 4.78 is 0. The number of hydrogen-bond donors (Lipinski definition) is 1. The van der Waals surface area contributed by atoms with E-state index in [1.807, 2.05) is 0 Å². The monoisotopic (exact) mass is 286 g/mol. The molecule has 108 valence electrons. The Kier molecular flexibility index (Phi) is 2.98. The summed E-state index contributed by atoms with van der Waals surface area (Å²) in [5.74, 6) is 0. The SMILES string of the molecule is Cc1ccc(C2=C3c4ccccc4C=CN3C=CC2N)cc1. The number of nitrogens with zero attached hydrogens (tertiary/aromatic N) is 1. The second kappa shape index (κ2) is 5.00. The number of hydrogen-bond acceptors (Lipinski definition) is 2. The molecule has 0 amide bonds. The number of nitrogens with two attached hydrogens (primary N) is 1. The molecule has 0 saturated carbocycles. The van der Waals surface area contributed by atoms with Crippen molar-refractivity contribution in [2.75, 3.05) is 0 Å². The molecule has 2 heterocycles. The van der Waals surface area contributed by atoms with Crippen LogP contribution < -0.4 is 5.73 Å². The minimum atomic E-state index is -0.0893. The van der Waals surface area contributed by atoms with Gasteiger partial charge < -0.3 is 10.6 Å². The zero-order valence-corrected chi connectivity index (χ0v) is 12.5. The zero-order chi connectivity index (χ0) is 15.1. The fourth-order valence-electron chi connectivity index (χ4n) is 3.14. The minimum Gasteiger partial charge on any atom is -0.323 e. The van der Waals surface area contributed by atoms with Crippen molar-refractivity contribution in [2.45, 2.75) is 13.0 Å². The Morgan fingerprint density at radius 2 is 1.73 bits per heavy atom. The summed E-state index contributed by atoms with van der Waals surface area (Å²) in [5.41, 5.74) is 13.7. The maximum atomic E-state index is 6.42. The van der Waals surface area contributed by atoms with Crippen LogP contribution in [0.25, 0.3) is 17.3 Å². The Bertz CT molecular complexity index is 810. The van der Waals surface area contributed by atoms with Gasteiger partial charge in [-0.25, -0.2) is 0 Å². The van der Waals surface area contributed by atoms with Crippen molar-refractivity contribution in [3.63, 3.8) is 0 Å². The predicted octanol–water partition coefficient (Wildman–Crippen LogP) is 4.00. The van der Waals surface area contributed by atoms with Crippen LogP contribution >= 0.6 is 0 Å². The second-order valence-corrected chi connectivity index (χ2v) is 5.81. The molecule has 0 spiro atoms. The number of aryl methyl sites for hydroxylation is 1. The van der Waals surface area contributed by atoms with E-state index in [9.17, 15) is 0 Å². The molecule has 22 heavy (non-hydrogen) atoms. The van der Waals surface area contributed by atoms with E-state index in [0.29, 0.717) is 0 Å². The van der Waals surface area contributed by atoms with Gasteiger partial charge in [-0.15, -0.1) is 0 Å². The van der Waals surface area contributed by atoms with Gasteiger partial charge in [-0.3, -0.25) is 0 Å². The van der Waals surface area contributed by atoms with Crippen molar-refractivity contribution in [1.82, 2.24) is 4.90 Å². The van der Waals surface area contributed by atoms with Crippen LogP contribution in [0.2, 0.25) is 0 Å². The maximum Gasteiger partial charge on any atom is 0.0584 e. The minimum absolute atomic E-state index is 0.0893. The topological polar surface area (TPSA) is 29.3 Å². The van der Waals surface area contributed by atoms with Gasteiger partial charge in [0.05, 0.1) is 11.7 Å². The summed E-state index contributed by atoms with van der Waals surface area (Å²) >= 11 is 0. The molecule has 2 aliphatic rings. The average Bonchev–Trinajstić information content (AvgIpc) is 2.56. The first kappa shape index (κ1) is 13.1. The van der Waals surface area contributed by atoms with Gasteiger partial charge in [0, 0.05) is 23.5 Å². The molecular weight excluding hydrogens is 268 g/mol. The first-order valence-corrected chi connectivity index (χ1v) is 7.55. The third-order valence-electron chi connectivity index (χ3n) is 4.29. The molecule has 1 atom stereocenters. The van der Waals surface area contributed by atoms with E-state index in [1.165, 1.54) is 33.5 Å². The summed E-state index contributed by atoms with van der Waals surface area (Å²) in [6, 6.07) is 17.0. The van der Waals surface area contributed by atoms with Gasteiger partial charge in [-0.2, -0.15) is 0 Å². The number of fused-ring (bicyclic) bond motifs is 3. The standard InChI is InChI=1S/C20H18N2/c1-14-6-8-16(9-7-14)19-18(21)11-13-22-12-10-15-4-2-3-5-17(15)20(19)22/h2-13,18H,21H2,1H3. The van der Waals surface area contributed by atoms with E-state index in [4.69, 9.17) is 5.73 Å². The van der Waals surface area contributed by atoms with Gasteiger partial charge in [0.2, 0.25) is 0 Å². The third-order valence-corrected chi connectivity index (χ3v) is 4.29. The van der Waals surface area contributed by atoms with Crippen molar-refractivity contribution in [2.24, 2.45) is 5.73 Å². The van der Waals surface area contributed by atoms with Crippen molar-refractivity contribution in [1.29, 1.82) is 0 Å². The van der Waals surface area contributed by atoms with Gasteiger partial charge in [0.15, 0.2) is 0 Å². The smallest absolute Gasteiger partial charge is 0.0584 e. The summed E-state index contributed by atoms with van der Waals surface area (Å²) in [4.78, 5) is 2.17. The van der Waals surface area contributed by atoms with Crippen LogP contribution in [0.1, 0.15) is 22.3 Å². The van der Waals surface area contributed by atoms with Crippen LogP contribution in [0, 0.1) is 6.92 Å². The van der Waals surface area contributed by atoms with Crippen LogP contribution in [0.15, 0.2) is 67.0 Å². The largest absolute Gasteiger partial charge is 0.323 e. The summed E-state index contributed by atoms with van der Waals surface area (Å²) in [5, 5.41) is 0. The van der Waals surface area contributed by atoms with Gasteiger partial charge in [0.1, 0.15) is 0 Å². The lowest BCUT2D eigenvalue weighted by Crippen LogP contribution is -2.29.